The topological polar surface area (TPSA) is 47.3 Å². The zero-order valence-electron chi connectivity index (χ0n) is 8.73. The van der Waals surface area contributed by atoms with Crippen LogP contribution in [-0.4, -0.2) is 13.7 Å². The van der Waals surface area contributed by atoms with Crippen molar-refractivity contribution in [3.05, 3.63) is 16.4 Å². The Balaban J connectivity index is 3.15. The van der Waals surface area contributed by atoms with E-state index in [0.29, 0.717) is 17.1 Å². The summed E-state index contributed by atoms with van der Waals surface area (Å²) in [5.41, 5.74) is 6.74. The molecule has 0 bridgehead atoms. The molecule has 0 amide bonds. The van der Waals surface area contributed by atoms with Crippen molar-refractivity contribution >= 4 is 27.3 Å². The van der Waals surface area contributed by atoms with Crippen molar-refractivity contribution in [2.75, 3.05) is 24.7 Å². The molecule has 0 aliphatic heterocycles. The molecule has 3 N–H and O–H groups in total. The average molecular weight is 277 g/mol. The molecule has 0 saturated heterocycles. The smallest absolute Gasteiger partial charge is 0.147 e. The normalized spacial score (nSPS) is 10.1. The van der Waals surface area contributed by atoms with Gasteiger partial charge in [-0.2, -0.15) is 0 Å². The number of ether oxygens (including phenoxy) is 1. The van der Waals surface area contributed by atoms with E-state index in [1.807, 2.05) is 6.92 Å². The van der Waals surface area contributed by atoms with Gasteiger partial charge in [0.1, 0.15) is 17.3 Å². The first-order valence-corrected chi connectivity index (χ1v) is 5.46. The van der Waals surface area contributed by atoms with E-state index in [-0.39, 0.29) is 4.47 Å². The molecule has 0 atom stereocenters. The standard InChI is InChI=1S/C10H14BrFN2O/c1-3-4-14-10-7(15-2)5-6(12)8(11)9(10)13/h5,14H,3-4,13H2,1-2H3. The van der Waals surface area contributed by atoms with Crippen LogP contribution in [0.15, 0.2) is 10.5 Å². The van der Waals surface area contributed by atoms with Gasteiger partial charge in [-0.25, -0.2) is 4.39 Å². The van der Waals surface area contributed by atoms with Crippen molar-refractivity contribution in [2.45, 2.75) is 13.3 Å². The summed E-state index contributed by atoms with van der Waals surface area (Å²) in [4.78, 5) is 0. The van der Waals surface area contributed by atoms with Gasteiger partial charge in [0.2, 0.25) is 0 Å². The molecule has 1 rings (SSSR count). The quantitative estimate of drug-likeness (QED) is 0.832. The molecule has 0 unspecified atom stereocenters. The van der Waals surface area contributed by atoms with Gasteiger partial charge in [0.05, 0.1) is 17.3 Å². The van der Waals surface area contributed by atoms with Crippen LogP contribution in [-0.2, 0) is 0 Å². The van der Waals surface area contributed by atoms with E-state index in [1.165, 1.54) is 13.2 Å². The van der Waals surface area contributed by atoms with Crippen LogP contribution < -0.4 is 15.8 Å². The van der Waals surface area contributed by atoms with Gasteiger partial charge >= 0.3 is 0 Å². The van der Waals surface area contributed by atoms with Gasteiger partial charge in [-0.05, 0) is 22.4 Å². The minimum Gasteiger partial charge on any atom is -0.494 e. The van der Waals surface area contributed by atoms with Crippen LogP contribution in [0.5, 0.6) is 5.75 Å². The summed E-state index contributed by atoms with van der Waals surface area (Å²) in [6.07, 6.45) is 0.956. The zero-order valence-corrected chi connectivity index (χ0v) is 10.3. The summed E-state index contributed by atoms with van der Waals surface area (Å²) in [5.74, 6) is -0.00644. The molecule has 0 aromatic heterocycles. The van der Waals surface area contributed by atoms with Crippen LogP contribution >= 0.6 is 15.9 Å². The number of nitrogen functional groups attached to an aromatic ring is 1. The number of anilines is 2. The van der Waals surface area contributed by atoms with E-state index in [0.717, 1.165) is 13.0 Å². The van der Waals surface area contributed by atoms with E-state index in [2.05, 4.69) is 21.2 Å². The van der Waals surface area contributed by atoms with Crippen LogP contribution in [0, 0.1) is 5.82 Å². The third-order valence-corrected chi connectivity index (χ3v) is 2.80. The summed E-state index contributed by atoms with van der Waals surface area (Å²) < 4.78 is 18.6. The molecular weight excluding hydrogens is 263 g/mol. The molecule has 0 saturated carbocycles. The Kier molecular flexibility index (Phi) is 4.20. The fourth-order valence-electron chi connectivity index (χ4n) is 1.22. The second kappa shape index (κ2) is 5.21. The van der Waals surface area contributed by atoms with Gasteiger partial charge < -0.3 is 15.8 Å². The highest BCUT2D eigenvalue weighted by atomic mass is 79.9. The van der Waals surface area contributed by atoms with E-state index < -0.39 is 5.82 Å². The fraction of sp³-hybridized carbons (Fsp3) is 0.400. The Morgan fingerprint density at radius 1 is 1.60 bits per heavy atom. The summed E-state index contributed by atoms with van der Waals surface area (Å²) in [5, 5.41) is 3.10. The summed E-state index contributed by atoms with van der Waals surface area (Å²) in [6, 6.07) is 1.30. The highest BCUT2D eigenvalue weighted by Crippen LogP contribution is 2.38. The highest BCUT2D eigenvalue weighted by molar-refractivity contribution is 9.10. The Morgan fingerprint density at radius 3 is 2.80 bits per heavy atom. The number of nitrogens with two attached hydrogens (primary N) is 1. The molecule has 3 nitrogen and oxygen atoms in total. The van der Waals surface area contributed by atoms with Crippen molar-refractivity contribution in [2.24, 2.45) is 0 Å². The lowest BCUT2D eigenvalue weighted by Gasteiger charge is -2.14. The Morgan fingerprint density at radius 2 is 2.27 bits per heavy atom. The maximum Gasteiger partial charge on any atom is 0.147 e. The van der Waals surface area contributed by atoms with Crippen molar-refractivity contribution in [1.82, 2.24) is 0 Å². The number of nitrogens with one attached hydrogen (secondary N) is 1. The number of methoxy groups -OCH3 is 1. The van der Waals surface area contributed by atoms with E-state index in [4.69, 9.17) is 10.5 Å². The minimum atomic E-state index is -0.425. The Bertz CT molecular complexity index is 358. The lowest BCUT2D eigenvalue weighted by atomic mass is 10.2. The van der Waals surface area contributed by atoms with E-state index >= 15 is 0 Å². The molecule has 0 aliphatic carbocycles. The molecule has 0 radical (unpaired) electrons. The summed E-state index contributed by atoms with van der Waals surface area (Å²) in [6.45, 7) is 2.80. The second-order valence-corrected chi connectivity index (χ2v) is 3.88. The number of hydrogen-bond donors (Lipinski definition) is 2. The number of rotatable bonds is 4. The molecule has 84 valence electrons. The molecule has 0 aliphatic rings. The van der Waals surface area contributed by atoms with E-state index in [9.17, 15) is 4.39 Å². The monoisotopic (exact) mass is 276 g/mol. The van der Waals surface area contributed by atoms with Gasteiger partial charge in [-0.15, -0.1) is 0 Å². The lowest BCUT2D eigenvalue weighted by molar-refractivity contribution is 0.413. The third-order valence-electron chi connectivity index (χ3n) is 1.99. The lowest BCUT2D eigenvalue weighted by Crippen LogP contribution is -2.06. The van der Waals surface area contributed by atoms with Gasteiger partial charge in [-0.3, -0.25) is 0 Å². The molecule has 15 heavy (non-hydrogen) atoms. The summed E-state index contributed by atoms with van der Waals surface area (Å²) >= 11 is 3.09. The van der Waals surface area contributed by atoms with Gasteiger partial charge in [-0.1, -0.05) is 6.92 Å². The molecule has 5 heteroatoms. The maximum atomic E-state index is 13.3. The predicted molar refractivity (Wildman–Crippen MR) is 63.8 cm³/mol. The van der Waals surface area contributed by atoms with Gasteiger partial charge in [0.15, 0.2) is 0 Å². The Hall–Kier alpha value is -0.970. The van der Waals surface area contributed by atoms with Gasteiger partial charge in [0, 0.05) is 12.6 Å². The van der Waals surface area contributed by atoms with Crippen molar-refractivity contribution in [1.29, 1.82) is 0 Å². The Labute approximate surface area is 96.9 Å². The first kappa shape index (κ1) is 12.1. The maximum absolute atomic E-state index is 13.3. The largest absolute Gasteiger partial charge is 0.494 e. The molecule has 0 heterocycles. The fourth-order valence-corrected chi connectivity index (χ4v) is 1.53. The first-order valence-electron chi connectivity index (χ1n) is 4.67. The van der Waals surface area contributed by atoms with E-state index in [1.54, 1.807) is 0 Å². The van der Waals surface area contributed by atoms with Crippen LogP contribution in [0.3, 0.4) is 0 Å². The highest BCUT2D eigenvalue weighted by Gasteiger charge is 2.14. The molecular formula is C10H14BrFN2O. The molecule has 1 aromatic rings. The van der Waals surface area contributed by atoms with Gasteiger partial charge in [0.25, 0.3) is 0 Å². The predicted octanol–water partition coefficient (Wildman–Crippen LogP) is 3.00. The van der Waals surface area contributed by atoms with Crippen molar-refractivity contribution in [3.8, 4) is 5.75 Å². The number of halogens is 2. The van der Waals surface area contributed by atoms with Crippen LogP contribution in [0.25, 0.3) is 0 Å². The summed E-state index contributed by atoms with van der Waals surface area (Å²) in [7, 11) is 1.49. The average Bonchev–Trinajstić information content (AvgIpc) is 2.24. The molecule has 1 aromatic carbocycles. The SMILES string of the molecule is CCCNc1c(OC)cc(F)c(Br)c1N. The van der Waals surface area contributed by atoms with Crippen LogP contribution in [0.1, 0.15) is 13.3 Å². The first-order chi connectivity index (χ1) is 7.11. The molecule has 0 spiro atoms. The van der Waals surface area contributed by atoms with Crippen molar-refractivity contribution < 1.29 is 9.13 Å². The second-order valence-electron chi connectivity index (χ2n) is 3.09. The van der Waals surface area contributed by atoms with Crippen LogP contribution in [0.2, 0.25) is 0 Å². The number of benzene rings is 1. The number of hydrogen-bond acceptors (Lipinski definition) is 3. The minimum absolute atomic E-state index is 0.266. The van der Waals surface area contributed by atoms with Crippen LogP contribution in [0.4, 0.5) is 15.8 Å². The third kappa shape index (κ3) is 2.53. The molecule has 0 fully saturated rings. The van der Waals surface area contributed by atoms with Crippen molar-refractivity contribution in [3.63, 3.8) is 0 Å². The zero-order chi connectivity index (χ0) is 11.4.